The monoisotopic (exact) mass is 383 g/mol. The van der Waals surface area contributed by atoms with E-state index in [0.29, 0.717) is 19.0 Å². The molecule has 1 aromatic heterocycles. The molecule has 3 aromatic rings. The van der Waals surface area contributed by atoms with Gasteiger partial charge in [0.05, 0.1) is 26.1 Å². The van der Waals surface area contributed by atoms with E-state index in [0.717, 1.165) is 28.0 Å². The molecule has 1 aliphatic rings. The highest BCUT2D eigenvalue weighted by molar-refractivity contribution is 7.99. The summed E-state index contributed by atoms with van der Waals surface area (Å²) < 4.78 is 18.4. The first-order valence-corrected chi connectivity index (χ1v) is 9.76. The van der Waals surface area contributed by atoms with Crippen molar-refractivity contribution in [2.24, 2.45) is 0 Å². The Kier molecular flexibility index (Phi) is 5.42. The van der Waals surface area contributed by atoms with Crippen LogP contribution < -0.4 is 4.74 Å². The smallest absolute Gasteiger partial charge is 0.196 e. The molecule has 2 aromatic carbocycles. The quantitative estimate of drug-likeness (QED) is 0.605. The Morgan fingerprint density at radius 1 is 1.11 bits per heavy atom. The lowest BCUT2D eigenvalue weighted by atomic mass is 10.1. The van der Waals surface area contributed by atoms with Gasteiger partial charge in [-0.15, -0.1) is 10.2 Å². The molecule has 0 bridgehead atoms. The molecule has 6 nitrogen and oxygen atoms in total. The second-order valence-electron chi connectivity index (χ2n) is 6.19. The van der Waals surface area contributed by atoms with Crippen LogP contribution in [0.1, 0.15) is 5.56 Å². The van der Waals surface area contributed by atoms with Gasteiger partial charge in [0.1, 0.15) is 5.75 Å². The van der Waals surface area contributed by atoms with Crippen molar-refractivity contribution in [2.75, 3.05) is 26.1 Å². The van der Waals surface area contributed by atoms with Gasteiger partial charge in [0, 0.05) is 11.3 Å². The minimum absolute atomic E-state index is 0.196. The molecule has 7 heteroatoms. The predicted molar refractivity (Wildman–Crippen MR) is 105 cm³/mol. The summed E-state index contributed by atoms with van der Waals surface area (Å²) in [6.45, 7) is 3.36. The molecule has 140 valence electrons. The molecular formula is C20H21N3O3S. The Morgan fingerprint density at radius 2 is 1.89 bits per heavy atom. The van der Waals surface area contributed by atoms with Crippen LogP contribution in [-0.2, 0) is 9.47 Å². The topological polar surface area (TPSA) is 58.4 Å². The van der Waals surface area contributed by atoms with Crippen molar-refractivity contribution < 1.29 is 14.2 Å². The van der Waals surface area contributed by atoms with Gasteiger partial charge in [-0.05, 0) is 37.3 Å². The van der Waals surface area contributed by atoms with Crippen LogP contribution in [0.3, 0.4) is 0 Å². The van der Waals surface area contributed by atoms with Crippen molar-refractivity contribution in [1.29, 1.82) is 0 Å². The van der Waals surface area contributed by atoms with Crippen LogP contribution in [0.4, 0.5) is 0 Å². The minimum Gasteiger partial charge on any atom is -0.497 e. The van der Waals surface area contributed by atoms with E-state index in [4.69, 9.17) is 14.2 Å². The van der Waals surface area contributed by atoms with Crippen molar-refractivity contribution >= 4 is 11.8 Å². The molecule has 0 N–H and O–H groups in total. The van der Waals surface area contributed by atoms with Crippen LogP contribution in [0.15, 0.2) is 53.7 Å². The van der Waals surface area contributed by atoms with Gasteiger partial charge in [-0.1, -0.05) is 35.5 Å². The molecule has 0 atom stereocenters. The summed E-state index contributed by atoms with van der Waals surface area (Å²) in [5.74, 6) is 2.28. The number of rotatable bonds is 6. The Labute approximate surface area is 162 Å². The lowest BCUT2D eigenvalue weighted by Crippen LogP contribution is -2.11. The van der Waals surface area contributed by atoms with E-state index in [9.17, 15) is 0 Å². The molecule has 4 rings (SSSR count). The number of nitrogens with zero attached hydrogens (tertiary/aromatic N) is 3. The first-order valence-electron chi connectivity index (χ1n) is 8.77. The van der Waals surface area contributed by atoms with Crippen molar-refractivity contribution in [3.05, 3.63) is 54.1 Å². The van der Waals surface area contributed by atoms with Gasteiger partial charge in [0.2, 0.25) is 0 Å². The molecule has 1 saturated heterocycles. The third-order valence-corrected chi connectivity index (χ3v) is 5.24. The maximum atomic E-state index is 5.54. The zero-order valence-corrected chi connectivity index (χ0v) is 16.1. The zero-order chi connectivity index (χ0) is 18.6. The van der Waals surface area contributed by atoms with Crippen LogP contribution in [0.2, 0.25) is 0 Å². The molecule has 0 radical (unpaired) electrons. The summed E-state index contributed by atoms with van der Waals surface area (Å²) in [6.07, 6.45) is -0.196. The van der Waals surface area contributed by atoms with E-state index < -0.39 is 0 Å². The molecule has 0 saturated carbocycles. The number of aryl methyl sites for hydroxylation is 1. The van der Waals surface area contributed by atoms with Crippen LogP contribution >= 0.6 is 11.8 Å². The van der Waals surface area contributed by atoms with Crippen LogP contribution in [-0.4, -0.2) is 47.1 Å². The fourth-order valence-corrected chi connectivity index (χ4v) is 3.84. The van der Waals surface area contributed by atoms with E-state index in [-0.39, 0.29) is 6.29 Å². The Hall–Kier alpha value is -2.35. The van der Waals surface area contributed by atoms with Crippen LogP contribution in [0.5, 0.6) is 5.75 Å². The number of hydrogen-bond acceptors (Lipinski definition) is 6. The zero-order valence-electron chi connectivity index (χ0n) is 15.3. The summed E-state index contributed by atoms with van der Waals surface area (Å²) in [4.78, 5) is 0. The largest absolute Gasteiger partial charge is 0.497 e. The van der Waals surface area contributed by atoms with Gasteiger partial charge in [-0.2, -0.15) is 0 Å². The normalized spacial score (nSPS) is 14.6. The lowest BCUT2D eigenvalue weighted by molar-refractivity contribution is -0.0215. The van der Waals surface area contributed by atoms with Gasteiger partial charge >= 0.3 is 0 Å². The average Bonchev–Trinajstić information content (AvgIpc) is 3.36. The number of aromatic nitrogens is 3. The molecule has 27 heavy (non-hydrogen) atoms. The second-order valence-corrected chi connectivity index (χ2v) is 7.18. The fraction of sp³-hybridized carbons (Fsp3) is 0.300. The molecule has 2 heterocycles. The third-order valence-electron chi connectivity index (χ3n) is 4.28. The SMILES string of the molecule is COc1ccc(-n2c(SCC3OCCO3)nnc2-c2cccc(C)c2)cc1. The molecule has 1 fully saturated rings. The Bertz CT molecular complexity index is 905. The highest BCUT2D eigenvalue weighted by atomic mass is 32.2. The van der Waals surface area contributed by atoms with Crippen molar-refractivity contribution in [3.8, 4) is 22.8 Å². The third kappa shape index (κ3) is 4.00. The van der Waals surface area contributed by atoms with E-state index >= 15 is 0 Å². The number of thioether (sulfide) groups is 1. The highest BCUT2D eigenvalue weighted by Gasteiger charge is 2.21. The first kappa shape index (κ1) is 18.0. The van der Waals surface area contributed by atoms with Crippen LogP contribution in [0.25, 0.3) is 17.1 Å². The molecular weight excluding hydrogens is 362 g/mol. The highest BCUT2D eigenvalue weighted by Crippen LogP contribution is 2.30. The molecule has 0 aliphatic carbocycles. The summed E-state index contributed by atoms with van der Waals surface area (Å²) in [5, 5.41) is 9.71. The fourth-order valence-electron chi connectivity index (χ4n) is 2.94. The lowest BCUT2D eigenvalue weighted by Gasteiger charge is -2.12. The van der Waals surface area contributed by atoms with E-state index in [1.807, 2.05) is 30.3 Å². The van der Waals surface area contributed by atoms with Gasteiger partial charge in [0.25, 0.3) is 0 Å². The number of methoxy groups -OCH3 is 1. The molecule has 0 spiro atoms. The molecule has 1 aliphatic heterocycles. The first-order chi connectivity index (χ1) is 13.2. The van der Waals surface area contributed by atoms with Gasteiger partial charge in [-0.25, -0.2) is 0 Å². The maximum absolute atomic E-state index is 5.54. The van der Waals surface area contributed by atoms with Crippen LogP contribution in [0, 0.1) is 6.92 Å². The van der Waals surface area contributed by atoms with Crippen molar-refractivity contribution in [1.82, 2.24) is 14.8 Å². The maximum Gasteiger partial charge on any atom is 0.196 e. The van der Waals surface area contributed by atoms with E-state index in [1.54, 1.807) is 18.9 Å². The van der Waals surface area contributed by atoms with Crippen molar-refractivity contribution in [3.63, 3.8) is 0 Å². The van der Waals surface area contributed by atoms with Gasteiger partial charge in [0.15, 0.2) is 17.3 Å². The predicted octanol–water partition coefficient (Wildman–Crippen LogP) is 3.72. The Balaban J connectivity index is 1.71. The molecule has 0 unspecified atom stereocenters. The number of benzene rings is 2. The number of hydrogen-bond donors (Lipinski definition) is 0. The van der Waals surface area contributed by atoms with Gasteiger partial charge < -0.3 is 14.2 Å². The summed E-state index contributed by atoms with van der Waals surface area (Å²) in [7, 11) is 1.66. The summed E-state index contributed by atoms with van der Waals surface area (Å²) in [6, 6.07) is 16.2. The summed E-state index contributed by atoms with van der Waals surface area (Å²) >= 11 is 1.58. The summed E-state index contributed by atoms with van der Waals surface area (Å²) in [5.41, 5.74) is 3.19. The van der Waals surface area contributed by atoms with Crippen molar-refractivity contribution in [2.45, 2.75) is 18.4 Å². The number of ether oxygens (including phenoxy) is 3. The second kappa shape index (κ2) is 8.12. The van der Waals surface area contributed by atoms with E-state index in [1.165, 1.54) is 5.56 Å². The standard InChI is InChI=1S/C20H21N3O3S/c1-14-4-3-5-15(12-14)19-21-22-20(27-13-18-25-10-11-26-18)23(19)16-6-8-17(24-2)9-7-16/h3-9,12,18H,10-11,13H2,1-2H3. The average molecular weight is 383 g/mol. The minimum atomic E-state index is -0.196. The van der Waals surface area contributed by atoms with Gasteiger partial charge in [-0.3, -0.25) is 4.57 Å². The molecule has 0 amide bonds. The Morgan fingerprint density at radius 3 is 2.59 bits per heavy atom. The van der Waals surface area contributed by atoms with E-state index in [2.05, 4.69) is 39.9 Å².